The van der Waals surface area contributed by atoms with Crippen LogP contribution in [0.15, 0.2) is 0 Å². The second-order valence-electron chi connectivity index (χ2n) is 5.28. The van der Waals surface area contributed by atoms with E-state index in [9.17, 15) is 0 Å². The van der Waals surface area contributed by atoms with Crippen LogP contribution in [0, 0.1) is 17.8 Å². The lowest BCUT2D eigenvalue weighted by molar-refractivity contribution is 0.332. The van der Waals surface area contributed by atoms with Crippen molar-refractivity contribution in [3.8, 4) is 0 Å². The molecule has 14 heavy (non-hydrogen) atoms. The average molecular weight is 217 g/mol. The number of halogens is 1. The molecule has 0 aromatic carbocycles. The summed E-state index contributed by atoms with van der Waals surface area (Å²) in [5.74, 6) is 3.52. The maximum Gasteiger partial charge on any atom is 0.0254 e. The van der Waals surface area contributed by atoms with Crippen molar-refractivity contribution in [1.82, 2.24) is 0 Å². The Bertz CT molecular complexity index is 136. The number of hydrogen-bond donors (Lipinski definition) is 0. The molecule has 0 spiro atoms. The van der Waals surface area contributed by atoms with Crippen molar-refractivity contribution < 1.29 is 0 Å². The Morgan fingerprint density at radius 1 is 1.14 bits per heavy atom. The molecule has 0 saturated heterocycles. The van der Waals surface area contributed by atoms with Gasteiger partial charge in [0.15, 0.2) is 0 Å². The van der Waals surface area contributed by atoms with E-state index in [1.807, 2.05) is 0 Å². The number of hydrogen-bond acceptors (Lipinski definition) is 0. The van der Waals surface area contributed by atoms with E-state index in [0.717, 1.165) is 23.6 Å². The van der Waals surface area contributed by atoms with Crippen LogP contribution in [-0.4, -0.2) is 5.88 Å². The lowest BCUT2D eigenvalue weighted by Crippen LogP contribution is -2.13. The Labute approximate surface area is 94.4 Å². The predicted molar refractivity (Wildman–Crippen MR) is 64.9 cm³/mol. The molecule has 1 fully saturated rings. The molecule has 1 saturated carbocycles. The minimum absolute atomic E-state index is 0.818. The molecule has 1 unspecified atom stereocenters. The first-order valence-electron chi connectivity index (χ1n) is 6.30. The summed E-state index contributed by atoms with van der Waals surface area (Å²) < 4.78 is 0. The minimum atomic E-state index is 0.818. The fourth-order valence-electron chi connectivity index (χ4n) is 2.66. The van der Waals surface area contributed by atoms with Crippen molar-refractivity contribution in [3.05, 3.63) is 0 Å². The smallest absolute Gasteiger partial charge is 0.0254 e. The highest BCUT2D eigenvalue weighted by Gasteiger charge is 2.23. The van der Waals surface area contributed by atoms with E-state index in [1.165, 1.54) is 44.9 Å². The molecular weight excluding hydrogens is 192 g/mol. The van der Waals surface area contributed by atoms with Crippen LogP contribution in [0.1, 0.15) is 58.8 Å². The van der Waals surface area contributed by atoms with Crippen LogP contribution >= 0.6 is 11.6 Å². The highest BCUT2D eigenvalue weighted by Crippen LogP contribution is 2.34. The van der Waals surface area contributed by atoms with Gasteiger partial charge in [0.05, 0.1) is 0 Å². The van der Waals surface area contributed by atoms with Gasteiger partial charge in [-0.1, -0.05) is 52.4 Å². The van der Waals surface area contributed by atoms with Crippen molar-refractivity contribution in [2.45, 2.75) is 58.8 Å². The van der Waals surface area contributed by atoms with E-state index in [4.69, 9.17) is 11.6 Å². The fraction of sp³-hybridized carbons (Fsp3) is 1.00. The highest BCUT2D eigenvalue weighted by atomic mass is 35.5. The first kappa shape index (κ1) is 12.4. The molecule has 84 valence electrons. The van der Waals surface area contributed by atoms with Gasteiger partial charge >= 0.3 is 0 Å². The van der Waals surface area contributed by atoms with Gasteiger partial charge in [0.25, 0.3) is 0 Å². The zero-order valence-electron chi connectivity index (χ0n) is 9.77. The summed E-state index contributed by atoms with van der Waals surface area (Å²) in [4.78, 5) is 0. The van der Waals surface area contributed by atoms with Crippen molar-refractivity contribution in [3.63, 3.8) is 0 Å². The van der Waals surface area contributed by atoms with Crippen molar-refractivity contribution in [1.29, 1.82) is 0 Å². The molecule has 1 atom stereocenters. The molecule has 1 heteroatoms. The van der Waals surface area contributed by atoms with Crippen molar-refractivity contribution in [2.24, 2.45) is 17.8 Å². The monoisotopic (exact) mass is 216 g/mol. The molecule has 1 rings (SSSR count). The first-order valence-corrected chi connectivity index (χ1v) is 6.83. The predicted octanol–water partition coefficient (Wildman–Crippen LogP) is 4.86. The zero-order valence-corrected chi connectivity index (χ0v) is 10.5. The van der Waals surface area contributed by atoms with Gasteiger partial charge in [-0.05, 0) is 24.2 Å². The summed E-state index contributed by atoms with van der Waals surface area (Å²) in [6.45, 7) is 4.62. The summed E-state index contributed by atoms with van der Waals surface area (Å²) in [5.41, 5.74) is 0. The molecule has 0 N–H and O–H groups in total. The van der Waals surface area contributed by atoms with E-state index in [2.05, 4.69) is 13.8 Å². The first-order chi connectivity index (χ1) is 6.74. The summed E-state index contributed by atoms with van der Waals surface area (Å²) in [7, 11) is 0. The van der Waals surface area contributed by atoms with E-state index in [1.54, 1.807) is 0 Å². The Morgan fingerprint density at radius 3 is 2.29 bits per heavy atom. The number of alkyl halides is 1. The molecule has 0 bridgehead atoms. The van der Waals surface area contributed by atoms with Gasteiger partial charge in [-0.25, -0.2) is 0 Å². The maximum absolute atomic E-state index is 6.06. The standard InChI is InChI=1S/C13H25Cl/c1-11(2)6-5-9-13(10-14)12-7-3-4-8-12/h11-13H,3-10H2,1-2H3. The molecule has 0 radical (unpaired) electrons. The third-order valence-corrected chi connectivity index (χ3v) is 4.02. The molecule has 0 aliphatic heterocycles. The van der Waals surface area contributed by atoms with Crippen LogP contribution in [0.3, 0.4) is 0 Å². The third-order valence-electron chi connectivity index (χ3n) is 3.62. The van der Waals surface area contributed by atoms with Gasteiger partial charge in [-0.15, -0.1) is 11.6 Å². The van der Waals surface area contributed by atoms with E-state index in [0.29, 0.717) is 0 Å². The van der Waals surface area contributed by atoms with Crippen LogP contribution in [0.5, 0.6) is 0 Å². The van der Waals surface area contributed by atoms with Crippen LogP contribution < -0.4 is 0 Å². The highest BCUT2D eigenvalue weighted by molar-refractivity contribution is 6.18. The molecule has 0 nitrogen and oxygen atoms in total. The lowest BCUT2D eigenvalue weighted by Gasteiger charge is -2.21. The molecule has 0 aromatic rings. The lowest BCUT2D eigenvalue weighted by atomic mass is 9.87. The van der Waals surface area contributed by atoms with Crippen molar-refractivity contribution >= 4 is 11.6 Å². The second-order valence-corrected chi connectivity index (χ2v) is 5.59. The molecule has 1 aliphatic rings. The van der Waals surface area contributed by atoms with Crippen LogP contribution in [0.25, 0.3) is 0 Å². The van der Waals surface area contributed by atoms with Crippen LogP contribution in [-0.2, 0) is 0 Å². The van der Waals surface area contributed by atoms with Gasteiger partial charge in [0.1, 0.15) is 0 Å². The van der Waals surface area contributed by atoms with Crippen molar-refractivity contribution in [2.75, 3.05) is 5.88 Å². The summed E-state index contributed by atoms with van der Waals surface area (Å²) >= 11 is 6.06. The van der Waals surface area contributed by atoms with E-state index in [-0.39, 0.29) is 0 Å². The van der Waals surface area contributed by atoms with E-state index < -0.39 is 0 Å². The third kappa shape index (κ3) is 4.21. The topological polar surface area (TPSA) is 0 Å². The summed E-state index contributed by atoms with van der Waals surface area (Å²) in [6.07, 6.45) is 9.90. The molecular formula is C13H25Cl. The van der Waals surface area contributed by atoms with Crippen LogP contribution in [0.4, 0.5) is 0 Å². The van der Waals surface area contributed by atoms with Gasteiger partial charge in [0, 0.05) is 5.88 Å². The number of rotatable bonds is 6. The largest absolute Gasteiger partial charge is 0.126 e. The molecule has 0 aromatic heterocycles. The normalized spacial score (nSPS) is 20.6. The molecule has 0 amide bonds. The van der Waals surface area contributed by atoms with E-state index >= 15 is 0 Å². The Balaban J connectivity index is 2.17. The van der Waals surface area contributed by atoms with Gasteiger partial charge in [-0.3, -0.25) is 0 Å². The second kappa shape index (κ2) is 6.71. The average Bonchev–Trinajstić information content (AvgIpc) is 2.64. The fourth-order valence-corrected chi connectivity index (χ4v) is 3.06. The molecule has 1 aliphatic carbocycles. The van der Waals surface area contributed by atoms with Crippen LogP contribution in [0.2, 0.25) is 0 Å². The minimum Gasteiger partial charge on any atom is -0.126 e. The zero-order chi connectivity index (χ0) is 10.4. The quantitative estimate of drug-likeness (QED) is 0.557. The van der Waals surface area contributed by atoms with Gasteiger partial charge < -0.3 is 0 Å². The van der Waals surface area contributed by atoms with Gasteiger partial charge in [-0.2, -0.15) is 0 Å². The molecule has 0 heterocycles. The summed E-state index contributed by atoms with van der Waals surface area (Å²) in [5, 5.41) is 0. The maximum atomic E-state index is 6.06. The Morgan fingerprint density at radius 2 is 1.79 bits per heavy atom. The Hall–Kier alpha value is 0.290. The van der Waals surface area contributed by atoms with Gasteiger partial charge in [0.2, 0.25) is 0 Å². The Kier molecular flexibility index (Phi) is 5.93. The summed E-state index contributed by atoms with van der Waals surface area (Å²) in [6, 6.07) is 0. The SMILES string of the molecule is CC(C)CCCC(CCl)C1CCCC1.